The Morgan fingerprint density at radius 1 is 1.36 bits per heavy atom. The number of hydrogen-bond donors (Lipinski definition) is 1. The van der Waals surface area contributed by atoms with Gasteiger partial charge in [0.25, 0.3) is 5.91 Å². The van der Waals surface area contributed by atoms with Crippen LogP contribution in [0.3, 0.4) is 0 Å². The van der Waals surface area contributed by atoms with Gasteiger partial charge in [-0.15, -0.1) is 0 Å². The summed E-state index contributed by atoms with van der Waals surface area (Å²) in [6.07, 6.45) is 1.16. The molecular formula is C17H23N3O2. The summed E-state index contributed by atoms with van der Waals surface area (Å²) < 4.78 is 7.18. The molecule has 1 N–H and O–H groups in total. The number of aromatic nitrogens is 1. The third-order valence-corrected chi connectivity index (χ3v) is 4.52. The zero-order chi connectivity index (χ0) is 15.7. The first-order chi connectivity index (χ1) is 10.6. The molecule has 0 bridgehead atoms. The standard InChI is InChI=1S/C17H23N3O2/c1-19-7-6-12(11-19)10-18-17(21)16-9-13-8-14(22-3)4-5-15(13)20(16)2/h4-5,8-9,12H,6-7,10-11H2,1-3H3,(H,18,21). The van der Waals surface area contributed by atoms with Gasteiger partial charge in [-0.3, -0.25) is 4.79 Å². The Morgan fingerprint density at radius 3 is 2.86 bits per heavy atom. The second-order valence-corrected chi connectivity index (χ2v) is 6.14. The van der Waals surface area contributed by atoms with E-state index in [1.807, 2.05) is 35.9 Å². The Labute approximate surface area is 130 Å². The highest BCUT2D eigenvalue weighted by Gasteiger charge is 2.21. The molecule has 3 rings (SSSR count). The predicted molar refractivity (Wildman–Crippen MR) is 87.4 cm³/mol. The van der Waals surface area contributed by atoms with Crippen molar-refractivity contribution in [2.24, 2.45) is 13.0 Å². The summed E-state index contributed by atoms with van der Waals surface area (Å²) in [5.74, 6) is 1.36. The van der Waals surface area contributed by atoms with Gasteiger partial charge in [-0.1, -0.05) is 0 Å². The van der Waals surface area contributed by atoms with Crippen LogP contribution >= 0.6 is 0 Å². The van der Waals surface area contributed by atoms with Gasteiger partial charge in [-0.25, -0.2) is 0 Å². The SMILES string of the molecule is COc1ccc2c(c1)cc(C(=O)NCC1CCN(C)C1)n2C. The van der Waals surface area contributed by atoms with Crippen molar-refractivity contribution in [3.63, 3.8) is 0 Å². The second-order valence-electron chi connectivity index (χ2n) is 6.14. The molecule has 1 aromatic heterocycles. The van der Waals surface area contributed by atoms with E-state index in [4.69, 9.17) is 4.74 Å². The van der Waals surface area contributed by atoms with Gasteiger partial charge in [0.15, 0.2) is 0 Å². The molecule has 2 aromatic rings. The van der Waals surface area contributed by atoms with Crippen molar-refractivity contribution in [1.82, 2.24) is 14.8 Å². The van der Waals surface area contributed by atoms with Crippen molar-refractivity contribution in [3.8, 4) is 5.75 Å². The van der Waals surface area contributed by atoms with Crippen LogP contribution in [0.25, 0.3) is 10.9 Å². The summed E-state index contributed by atoms with van der Waals surface area (Å²) in [6, 6.07) is 7.78. The topological polar surface area (TPSA) is 46.5 Å². The molecule has 1 saturated heterocycles. The largest absolute Gasteiger partial charge is 0.497 e. The number of nitrogens with one attached hydrogen (secondary N) is 1. The Hall–Kier alpha value is -2.01. The van der Waals surface area contributed by atoms with E-state index in [1.165, 1.54) is 0 Å². The van der Waals surface area contributed by atoms with E-state index < -0.39 is 0 Å². The number of rotatable bonds is 4. The molecule has 2 heterocycles. The van der Waals surface area contributed by atoms with Crippen LogP contribution in [0.4, 0.5) is 0 Å². The minimum Gasteiger partial charge on any atom is -0.497 e. The highest BCUT2D eigenvalue weighted by molar-refractivity contribution is 5.99. The van der Waals surface area contributed by atoms with E-state index in [9.17, 15) is 4.79 Å². The first kappa shape index (κ1) is 14.9. The first-order valence-corrected chi connectivity index (χ1v) is 7.68. The van der Waals surface area contributed by atoms with Crippen LogP contribution in [-0.4, -0.2) is 49.2 Å². The molecule has 0 aliphatic carbocycles. The van der Waals surface area contributed by atoms with E-state index in [-0.39, 0.29) is 5.91 Å². The number of ether oxygens (including phenoxy) is 1. The van der Waals surface area contributed by atoms with Crippen LogP contribution in [-0.2, 0) is 7.05 Å². The molecule has 5 nitrogen and oxygen atoms in total. The van der Waals surface area contributed by atoms with Crippen molar-refractivity contribution in [2.45, 2.75) is 6.42 Å². The van der Waals surface area contributed by atoms with Crippen LogP contribution in [0.1, 0.15) is 16.9 Å². The molecule has 0 spiro atoms. The van der Waals surface area contributed by atoms with Crippen LogP contribution in [0.15, 0.2) is 24.3 Å². The Morgan fingerprint density at radius 2 is 2.18 bits per heavy atom. The summed E-state index contributed by atoms with van der Waals surface area (Å²) in [6.45, 7) is 2.93. The van der Waals surface area contributed by atoms with Crippen molar-refractivity contribution in [3.05, 3.63) is 30.0 Å². The van der Waals surface area contributed by atoms with Crippen LogP contribution in [0.5, 0.6) is 5.75 Å². The second kappa shape index (κ2) is 6.01. The summed E-state index contributed by atoms with van der Waals surface area (Å²) >= 11 is 0. The Kier molecular flexibility index (Phi) is 4.07. The molecule has 1 amide bonds. The molecule has 118 valence electrons. The summed E-state index contributed by atoms with van der Waals surface area (Å²) in [7, 11) is 5.70. The van der Waals surface area contributed by atoms with Crippen LogP contribution in [0.2, 0.25) is 0 Å². The van der Waals surface area contributed by atoms with Gasteiger partial charge in [0, 0.05) is 31.0 Å². The highest BCUT2D eigenvalue weighted by Crippen LogP contribution is 2.24. The van der Waals surface area contributed by atoms with Crippen LogP contribution < -0.4 is 10.1 Å². The molecule has 0 radical (unpaired) electrons. The molecule has 1 aliphatic rings. The van der Waals surface area contributed by atoms with Gasteiger partial charge in [0.05, 0.1) is 7.11 Å². The maximum Gasteiger partial charge on any atom is 0.267 e. The number of methoxy groups -OCH3 is 1. The van der Waals surface area contributed by atoms with Gasteiger partial charge in [0.1, 0.15) is 11.4 Å². The van der Waals surface area contributed by atoms with Crippen molar-refractivity contribution >= 4 is 16.8 Å². The zero-order valence-corrected chi connectivity index (χ0v) is 13.4. The molecule has 1 aliphatic heterocycles. The van der Waals surface area contributed by atoms with E-state index in [1.54, 1.807) is 7.11 Å². The molecule has 1 aromatic carbocycles. The molecule has 1 atom stereocenters. The minimum absolute atomic E-state index is 0.00720. The van der Waals surface area contributed by atoms with Gasteiger partial charge < -0.3 is 19.5 Å². The molecule has 0 saturated carbocycles. The number of fused-ring (bicyclic) bond motifs is 1. The minimum atomic E-state index is -0.00720. The lowest BCUT2D eigenvalue weighted by molar-refractivity contribution is 0.0940. The van der Waals surface area contributed by atoms with E-state index >= 15 is 0 Å². The number of nitrogens with zero attached hydrogens (tertiary/aromatic N) is 2. The molecule has 1 fully saturated rings. The lowest BCUT2D eigenvalue weighted by Crippen LogP contribution is -2.31. The third-order valence-electron chi connectivity index (χ3n) is 4.52. The quantitative estimate of drug-likeness (QED) is 0.938. The summed E-state index contributed by atoms with van der Waals surface area (Å²) in [4.78, 5) is 14.8. The smallest absolute Gasteiger partial charge is 0.267 e. The summed E-state index contributed by atoms with van der Waals surface area (Å²) in [5, 5.41) is 4.10. The monoisotopic (exact) mass is 301 g/mol. The lowest BCUT2D eigenvalue weighted by atomic mass is 10.1. The zero-order valence-electron chi connectivity index (χ0n) is 13.4. The number of carbonyl (C=O) groups is 1. The first-order valence-electron chi connectivity index (χ1n) is 7.68. The van der Waals surface area contributed by atoms with E-state index in [0.29, 0.717) is 11.6 Å². The number of aryl methyl sites for hydroxylation is 1. The fraction of sp³-hybridized carbons (Fsp3) is 0.471. The maximum atomic E-state index is 12.5. The average Bonchev–Trinajstić information content (AvgIpc) is 3.08. The van der Waals surface area contributed by atoms with Gasteiger partial charge in [0.2, 0.25) is 0 Å². The molecule has 5 heteroatoms. The summed E-state index contributed by atoms with van der Waals surface area (Å²) in [5.41, 5.74) is 1.72. The predicted octanol–water partition coefficient (Wildman–Crippen LogP) is 1.87. The van der Waals surface area contributed by atoms with Gasteiger partial charge in [-0.05, 0) is 50.2 Å². The third kappa shape index (κ3) is 2.81. The van der Waals surface area contributed by atoms with Crippen molar-refractivity contribution in [2.75, 3.05) is 33.8 Å². The van der Waals surface area contributed by atoms with E-state index in [0.717, 1.165) is 42.7 Å². The molecule has 1 unspecified atom stereocenters. The number of amides is 1. The fourth-order valence-electron chi connectivity index (χ4n) is 3.19. The van der Waals surface area contributed by atoms with Gasteiger partial charge in [-0.2, -0.15) is 0 Å². The number of likely N-dealkylation sites (tertiary alicyclic amines) is 1. The van der Waals surface area contributed by atoms with Gasteiger partial charge >= 0.3 is 0 Å². The normalized spacial score (nSPS) is 18.8. The number of benzene rings is 1. The molecule has 22 heavy (non-hydrogen) atoms. The fourth-order valence-corrected chi connectivity index (χ4v) is 3.19. The van der Waals surface area contributed by atoms with Crippen molar-refractivity contribution < 1.29 is 9.53 Å². The molecular weight excluding hydrogens is 278 g/mol. The van der Waals surface area contributed by atoms with E-state index in [2.05, 4.69) is 17.3 Å². The number of hydrogen-bond acceptors (Lipinski definition) is 3. The Balaban J connectivity index is 1.74. The average molecular weight is 301 g/mol. The highest BCUT2D eigenvalue weighted by atomic mass is 16.5. The number of carbonyl (C=O) groups excluding carboxylic acids is 1. The van der Waals surface area contributed by atoms with Crippen LogP contribution in [0, 0.1) is 5.92 Å². The lowest BCUT2D eigenvalue weighted by Gasteiger charge is -2.12. The maximum absolute atomic E-state index is 12.5. The van der Waals surface area contributed by atoms with Crippen molar-refractivity contribution in [1.29, 1.82) is 0 Å². The Bertz CT molecular complexity index is 693.